The Morgan fingerprint density at radius 2 is 2.38 bits per heavy atom. The van der Waals surface area contributed by atoms with Gasteiger partial charge in [-0.3, -0.25) is 9.78 Å². The zero-order valence-corrected chi connectivity index (χ0v) is 10.0. The summed E-state index contributed by atoms with van der Waals surface area (Å²) >= 11 is 1.57. The molecule has 0 aliphatic rings. The minimum absolute atomic E-state index is 0.0642. The second kappa shape index (κ2) is 8.13. The normalized spacial score (nSPS) is 10.1. The summed E-state index contributed by atoms with van der Waals surface area (Å²) in [5, 5.41) is 2.81. The Morgan fingerprint density at radius 3 is 3.06 bits per heavy atom. The third-order valence-corrected chi connectivity index (χ3v) is 2.88. The van der Waals surface area contributed by atoms with Gasteiger partial charge in [0.25, 0.3) is 0 Å². The van der Waals surface area contributed by atoms with Gasteiger partial charge in [0.05, 0.1) is 11.4 Å². The van der Waals surface area contributed by atoms with Crippen molar-refractivity contribution in [3.8, 4) is 0 Å². The van der Waals surface area contributed by atoms with E-state index >= 15 is 0 Å². The number of nitrogens with one attached hydrogen (secondary N) is 1. The summed E-state index contributed by atoms with van der Waals surface area (Å²) in [6.45, 7) is 1.28. The number of aromatic nitrogens is 1. The third kappa shape index (κ3) is 5.72. The van der Waals surface area contributed by atoms with E-state index in [4.69, 9.17) is 5.73 Å². The van der Waals surface area contributed by atoms with Gasteiger partial charge in [-0.2, -0.15) is 0 Å². The van der Waals surface area contributed by atoms with Crippen molar-refractivity contribution in [2.45, 2.75) is 12.2 Å². The Morgan fingerprint density at radius 1 is 1.50 bits per heavy atom. The van der Waals surface area contributed by atoms with Gasteiger partial charge < -0.3 is 11.1 Å². The van der Waals surface area contributed by atoms with E-state index in [9.17, 15) is 4.79 Å². The van der Waals surface area contributed by atoms with Gasteiger partial charge in [-0.25, -0.2) is 0 Å². The monoisotopic (exact) mass is 239 g/mol. The van der Waals surface area contributed by atoms with Crippen molar-refractivity contribution in [2.75, 3.05) is 18.8 Å². The molecule has 0 atom stereocenters. The zero-order valence-electron chi connectivity index (χ0n) is 9.19. The topological polar surface area (TPSA) is 68.0 Å². The fourth-order valence-corrected chi connectivity index (χ4v) is 1.88. The van der Waals surface area contributed by atoms with Crippen LogP contribution in [0.3, 0.4) is 0 Å². The molecular weight excluding hydrogens is 222 g/mol. The molecule has 5 heteroatoms. The predicted octanol–water partition coefficient (Wildman–Crippen LogP) is 0.780. The number of hydrogen-bond acceptors (Lipinski definition) is 4. The van der Waals surface area contributed by atoms with Crippen LogP contribution in [0.1, 0.15) is 12.1 Å². The van der Waals surface area contributed by atoms with Crippen LogP contribution in [0.5, 0.6) is 0 Å². The molecule has 1 aromatic rings. The van der Waals surface area contributed by atoms with Crippen molar-refractivity contribution in [1.82, 2.24) is 10.3 Å². The maximum absolute atomic E-state index is 11.3. The molecule has 0 fully saturated rings. The van der Waals surface area contributed by atoms with Crippen LogP contribution in [0.4, 0.5) is 0 Å². The minimum atomic E-state index is 0.0642. The molecule has 0 aliphatic heterocycles. The Balaban J connectivity index is 2.09. The molecule has 1 aromatic heterocycles. The summed E-state index contributed by atoms with van der Waals surface area (Å²) in [6, 6.07) is 5.79. The highest BCUT2D eigenvalue weighted by Crippen LogP contribution is 2.08. The number of thioether (sulfide) groups is 1. The van der Waals surface area contributed by atoms with Gasteiger partial charge in [0.15, 0.2) is 0 Å². The van der Waals surface area contributed by atoms with Crippen LogP contribution in [0.25, 0.3) is 0 Å². The fraction of sp³-hybridized carbons (Fsp3) is 0.455. The molecule has 16 heavy (non-hydrogen) atoms. The van der Waals surface area contributed by atoms with Gasteiger partial charge >= 0.3 is 0 Å². The zero-order chi connectivity index (χ0) is 11.6. The van der Waals surface area contributed by atoms with Crippen LogP contribution in [0.15, 0.2) is 24.4 Å². The molecule has 0 bridgehead atoms. The average molecular weight is 239 g/mol. The van der Waals surface area contributed by atoms with Crippen LogP contribution in [0, 0.1) is 0 Å². The van der Waals surface area contributed by atoms with Gasteiger partial charge in [0.1, 0.15) is 0 Å². The standard InChI is InChI=1S/C11H17N3OS/c12-5-3-7-14-11(15)9-16-8-10-4-1-2-6-13-10/h1-2,4,6H,3,5,7-9,12H2,(H,14,15). The van der Waals surface area contributed by atoms with E-state index < -0.39 is 0 Å². The SMILES string of the molecule is NCCCNC(=O)CSCc1ccccn1. The Labute approximate surface area is 100 Å². The van der Waals surface area contributed by atoms with Crippen molar-refractivity contribution in [3.05, 3.63) is 30.1 Å². The number of nitrogens with two attached hydrogens (primary N) is 1. The van der Waals surface area contributed by atoms with Crippen molar-refractivity contribution in [2.24, 2.45) is 5.73 Å². The van der Waals surface area contributed by atoms with Crippen molar-refractivity contribution in [1.29, 1.82) is 0 Å². The Hall–Kier alpha value is -1.07. The van der Waals surface area contributed by atoms with Crippen LogP contribution in [-0.2, 0) is 10.5 Å². The van der Waals surface area contributed by atoms with Crippen LogP contribution >= 0.6 is 11.8 Å². The molecule has 3 N–H and O–H groups in total. The molecular formula is C11H17N3OS. The van der Waals surface area contributed by atoms with Gasteiger partial charge in [-0.1, -0.05) is 6.07 Å². The summed E-state index contributed by atoms with van der Waals surface area (Å²) in [4.78, 5) is 15.5. The lowest BCUT2D eigenvalue weighted by molar-refractivity contribution is -0.118. The van der Waals surface area contributed by atoms with Crippen LogP contribution in [-0.4, -0.2) is 29.7 Å². The second-order valence-electron chi connectivity index (χ2n) is 3.31. The number of carbonyl (C=O) groups is 1. The van der Waals surface area contributed by atoms with E-state index in [0.29, 0.717) is 18.8 Å². The first kappa shape index (κ1) is 13.0. The average Bonchev–Trinajstić information content (AvgIpc) is 2.31. The lowest BCUT2D eigenvalue weighted by atomic mass is 10.4. The molecule has 1 heterocycles. The van der Waals surface area contributed by atoms with E-state index in [0.717, 1.165) is 17.9 Å². The first-order valence-electron chi connectivity index (χ1n) is 5.27. The lowest BCUT2D eigenvalue weighted by Crippen LogP contribution is -2.27. The quantitative estimate of drug-likeness (QED) is 0.690. The highest BCUT2D eigenvalue weighted by atomic mass is 32.2. The molecule has 1 amide bonds. The summed E-state index contributed by atoms with van der Waals surface area (Å²) < 4.78 is 0. The van der Waals surface area contributed by atoms with E-state index in [-0.39, 0.29) is 5.91 Å². The predicted molar refractivity (Wildman–Crippen MR) is 67.1 cm³/mol. The number of hydrogen-bond donors (Lipinski definition) is 2. The number of nitrogens with zero attached hydrogens (tertiary/aromatic N) is 1. The lowest BCUT2D eigenvalue weighted by Gasteiger charge is -2.03. The van der Waals surface area contributed by atoms with Gasteiger partial charge in [0, 0.05) is 18.5 Å². The van der Waals surface area contributed by atoms with Crippen molar-refractivity contribution >= 4 is 17.7 Å². The van der Waals surface area contributed by atoms with Gasteiger partial charge in [0.2, 0.25) is 5.91 Å². The minimum Gasteiger partial charge on any atom is -0.355 e. The van der Waals surface area contributed by atoms with E-state index in [2.05, 4.69) is 10.3 Å². The van der Waals surface area contributed by atoms with Crippen LogP contribution in [0.2, 0.25) is 0 Å². The number of pyridine rings is 1. The molecule has 0 saturated heterocycles. The molecule has 0 aliphatic carbocycles. The fourth-order valence-electron chi connectivity index (χ4n) is 1.11. The summed E-state index contributed by atoms with van der Waals surface area (Å²) in [5.41, 5.74) is 6.33. The van der Waals surface area contributed by atoms with E-state index in [1.165, 1.54) is 0 Å². The van der Waals surface area contributed by atoms with Crippen LogP contribution < -0.4 is 11.1 Å². The molecule has 0 radical (unpaired) electrons. The van der Waals surface area contributed by atoms with E-state index in [1.54, 1.807) is 18.0 Å². The number of rotatable bonds is 7. The van der Waals surface area contributed by atoms with E-state index in [1.807, 2.05) is 18.2 Å². The van der Waals surface area contributed by atoms with Crippen molar-refractivity contribution in [3.63, 3.8) is 0 Å². The van der Waals surface area contributed by atoms with Gasteiger partial charge in [-0.05, 0) is 25.1 Å². The summed E-state index contributed by atoms with van der Waals surface area (Å²) in [7, 11) is 0. The number of carbonyl (C=O) groups excluding carboxylic acids is 1. The van der Waals surface area contributed by atoms with Gasteiger partial charge in [-0.15, -0.1) is 11.8 Å². The first-order chi connectivity index (χ1) is 7.83. The first-order valence-corrected chi connectivity index (χ1v) is 6.43. The molecule has 88 valence electrons. The molecule has 4 nitrogen and oxygen atoms in total. The molecule has 0 unspecified atom stereocenters. The molecule has 0 saturated carbocycles. The Bertz CT molecular complexity index is 305. The molecule has 0 aromatic carbocycles. The summed E-state index contributed by atoms with van der Waals surface area (Å²) in [5.74, 6) is 1.31. The van der Waals surface area contributed by atoms with Crippen molar-refractivity contribution < 1.29 is 4.79 Å². The molecule has 1 rings (SSSR count). The third-order valence-electron chi connectivity index (χ3n) is 1.91. The second-order valence-corrected chi connectivity index (χ2v) is 4.29. The highest BCUT2D eigenvalue weighted by Gasteiger charge is 2.01. The maximum Gasteiger partial charge on any atom is 0.230 e. The summed E-state index contributed by atoms with van der Waals surface area (Å²) in [6.07, 6.45) is 2.59. The highest BCUT2D eigenvalue weighted by molar-refractivity contribution is 7.99. The maximum atomic E-state index is 11.3. The Kier molecular flexibility index (Phi) is 6.60. The largest absolute Gasteiger partial charge is 0.355 e. The number of amides is 1. The smallest absolute Gasteiger partial charge is 0.230 e. The molecule has 0 spiro atoms.